The minimum Gasteiger partial charge on any atom is -0.355 e. The molecule has 0 unspecified atom stereocenters. The fourth-order valence-corrected chi connectivity index (χ4v) is 3.13. The van der Waals surface area contributed by atoms with E-state index in [-0.39, 0.29) is 23.5 Å². The maximum Gasteiger partial charge on any atom is 0.230 e. The Morgan fingerprint density at radius 2 is 1.79 bits per heavy atom. The van der Waals surface area contributed by atoms with Crippen LogP contribution >= 0.6 is 0 Å². The van der Waals surface area contributed by atoms with Gasteiger partial charge in [0.15, 0.2) is 0 Å². The van der Waals surface area contributed by atoms with Crippen molar-refractivity contribution in [1.82, 2.24) is 10.2 Å². The van der Waals surface area contributed by atoms with E-state index in [0.717, 1.165) is 36.2 Å². The second kappa shape index (κ2) is 9.65. The molecule has 2 amide bonds. The highest BCUT2D eigenvalue weighted by Crippen LogP contribution is 2.33. The Morgan fingerprint density at radius 3 is 2.41 bits per heavy atom. The first-order valence-electron chi connectivity index (χ1n) is 9.98. The zero-order chi connectivity index (χ0) is 20.8. The molecule has 1 saturated carbocycles. The van der Waals surface area contributed by atoms with E-state index in [4.69, 9.17) is 0 Å². The highest BCUT2D eigenvalue weighted by atomic mass is 19.1. The van der Waals surface area contributed by atoms with Crippen molar-refractivity contribution in [2.45, 2.75) is 25.8 Å². The van der Waals surface area contributed by atoms with E-state index in [1.807, 2.05) is 49.3 Å². The molecule has 6 heteroatoms. The second-order valence-corrected chi connectivity index (χ2v) is 7.83. The first-order chi connectivity index (χ1) is 13.9. The van der Waals surface area contributed by atoms with Crippen LogP contribution in [0.1, 0.15) is 24.0 Å². The Balaban J connectivity index is 1.66. The second-order valence-electron chi connectivity index (χ2n) is 7.83. The largest absolute Gasteiger partial charge is 0.355 e. The maximum absolute atomic E-state index is 13.6. The van der Waals surface area contributed by atoms with Crippen molar-refractivity contribution in [3.05, 3.63) is 65.5 Å². The zero-order valence-electron chi connectivity index (χ0n) is 17.0. The topological polar surface area (TPSA) is 52.7 Å². The maximum atomic E-state index is 13.6. The normalized spacial score (nSPS) is 13.4. The molecular formula is C23H28FN3O2. The molecule has 0 radical (unpaired) electrons. The third-order valence-corrected chi connectivity index (χ3v) is 4.92. The molecule has 2 aromatic rings. The van der Waals surface area contributed by atoms with Gasteiger partial charge in [-0.3, -0.25) is 9.59 Å². The fraction of sp³-hybridized carbons (Fsp3) is 0.391. The van der Waals surface area contributed by atoms with Gasteiger partial charge >= 0.3 is 0 Å². The van der Waals surface area contributed by atoms with Crippen LogP contribution in [0.4, 0.5) is 10.1 Å². The summed E-state index contributed by atoms with van der Waals surface area (Å²) >= 11 is 0. The molecule has 0 bridgehead atoms. The number of anilines is 1. The van der Waals surface area contributed by atoms with Crippen molar-refractivity contribution < 1.29 is 14.0 Å². The van der Waals surface area contributed by atoms with Crippen molar-refractivity contribution in [1.29, 1.82) is 0 Å². The summed E-state index contributed by atoms with van der Waals surface area (Å²) in [6.45, 7) is 1.74. The Kier molecular flexibility index (Phi) is 6.99. The smallest absolute Gasteiger partial charge is 0.230 e. The lowest BCUT2D eigenvalue weighted by atomic mass is 10.1. The van der Waals surface area contributed by atoms with Gasteiger partial charge < -0.3 is 15.1 Å². The lowest BCUT2D eigenvalue weighted by Crippen LogP contribution is -2.32. The number of nitrogens with one attached hydrogen (secondary N) is 1. The molecule has 0 spiro atoms. The fourth-order valence-electron chi connectivity index (χ4n) is 3.13. The van der Waals surface area contributed by atoms with Crippen LogP contribution in [0.15, 0.2) is 48.5 Å². The van der Waals surface area contributed by atoms with Gasteiger partial charge in [0.05, 0.1) is 13.0 Å². The molecule has 29 heavy (non-hydrogen) atoms. The van der Waals surface area contributed by atoms with E-state index in [1.165, 1.54) is 12.1 Å². The van der Waals surface area contributed by atoms with Gasteiger partial charge in [-0.05, 0) is 62.3 Å². The van der Waals surface area contributed by atoms with Crippen molar-refractivity contribution in [2.75, 3.05) is 32.1 Å². The molecule has 0 saturated heterocycles. The summed E-state index contributed by atoms with van der Waals surface area (Å²) in [5.41, 5.74) is 2.41. The van der Waals surface area contributed by atoms with Gasteiger partial charge in [0, 0.05) is 24.7 Å². The standard InChI is InChI=1S/C23H28FN3O2/c1-26(2)13-12-25-22(28)15-17-6-10-21(11-7-17)27(23(29)19-8-9-19)16-18-4-3-5-20(24)14-18/h3-7,10-11,14,19H,8-9,12-13,15-16H2,1-2H3,(H,25,28). The molecule has 1 aliphatic rings. The third-order valence-electron chi connectivity index (χ3n) is 4.92. The molecular weight excluding hydrogens is 369 g/mol. The van der Waals surface area contributed by atoms with E-state index >= 15 is 0 Å². The number of amides is 2. The van der Waals surface area contributed by atoms with Gasteiger partial charge in [0.25, 0.3) is 0 Å². The molecule has 1 N–H and O–H groups in total. The van der Waals surface area contributed by atoms with E-state index in [1.54, 1.807) is 11.0 Å². The van der Waals surface area contributed by atoms with Gasteiger partial charge in [-0.15, -0.1) is 0 Å². The highest BCUT2D eigenvalue weighted by Gasteiger charge is 2.34. The summed E-state index contributed by atoms with van der Waals surface area (Å²) in [4.78, 5) is 28.6. The quantitative estimate of drug-likeness (QED) is 0.708. The van der Waals surface area contributed by atoms with E-state index in [2.05, 4.69) is 5.32 Å². The van der Waals surface area contributed by atoms with Gasteiger partial charge in [-0.2, -0.15) is 0 Å². The van der Waals surface area contributed by atoms with Crippen LogP contribution in [-0.4, -0.2) is 43.9 Å². The zero-order valence-corrected chi connectivity index (χ0v) is 17.0. The van der Waals surface area contributed by atoms with Crippen molar-refractivity contribution in [3.8, 4) is 0 Å². The number of halogens is 1. The van der Waals surface area contributed by atoms with Gasteiger partial charge in [-0.25, -0.2) is 4.39 Å². The predicted octanol–water partition coefficient (Wildman–Crippen LogP) is 2.99. The SMILES string of the molecule is CN(C)CCNC(=O)Cc1ccc(N(Cc2cccc(F)c2)C(=O)C2CC2)cc1. The van der Waals surface area contributed by atoms with Crippen molar-refractivity contribution >= 4 is 17.5 Å². The summed E-state index contributed by atoms with van der Waals surface area (Å²) in [6.07, 6.45) is 2.11. The van der Waals surface area contributed by atoms with Crippen LogP contribution in [0, 0.1) is 11.7 Å². The monoisotopic (exact) mass is 397 g/mol. The first kappa shape index (κ1) is 21.0. The summed E-state index contributed by atoms with van der Waals surface area (Å²) in [5, 5.41) is 2.90. The number of carbonyl (C=O) groups excluding carboxylic acids is 2. The van der Waals surface area contributed by atoms with Crippen molar-refractivity contribution in [3.63, 3.8) is 0 Å². The molecule has 154 valence electrons. The Bertz CT molecular complexity index is 847. The third kappa shape index (κ3) is 6.39. The van der Waals surface area contributed by atoms with Crippen LogP contribution < -0.4 is 10.2 Å². The van der Waals surface area contributed by atoms with Gasteiger partial charge in [-0.1, -0.05) is 24.3 Å². The number of hydrogen-bond acceptors (Lipinski definition) is 3. The predicted molar refractivity (Wildman–Crippen MR) is 112 cm³/mol. The highest BCUT2D eigenvalue weighted by molar-refractivity contribution is 5.96. The minimum atomic E-state index is -0.308. The summed E-state index contributed by atoms with van der Waals surface area (Å²) < 4.78 is 13.6. The number of carbonyl (C=O) groups is 2. The molecule has 1 aliphatic carbocycles. The number of likely N-dealkylation sites (N-methyl/N-ethyl adjacent to an activating group) is 1. The Labute approximate surface area is 171 Å². The van der Waals surface area contributed by atoms with E-state index in [0.29, 0.717) is 19.5 Å². The molecule has 0 heterocycles. The van der Waals surface area contributed by atoms with E-state index < -0.39 is 0 Å². The molecule has 5 nitrogen and oxygen atoms in total. The molecule has 1 fully saturated rings. The Hall–Kier alpha value is -2.73. The van der Waals surface area contributed by atoms with Crippen molar-refractivity contribution in [2.24, 2.45) is 5.92 Å². The molecule has 3 rings (SSSR count). The van der Waals surface area contributed by atoms with E-state index in [9.17, 15) is 14.0 Å². The summed E-state index contributed by atoms with van der Waals surface area (Å²) in [6, 6.07) is 13.8. The average molecular weight is 397 g/mol. The number of nitrogens with zero attached hydrogens (tertiary/aromatic N) is 2. The number of rotatable bonds is 9. The van der Waals surface area contributed by atoms with Crippen LogP contribution in [0.25, 0.3) is 0 Å². The molecule has 2 aromatic carbocycles. The van der Waals surface area contributed by atoms with Crippen LogP contribution in [0.3, 0.4) is 0 Å². The minimum absolute atomic E-state index is 0.0229. The molecule has 0 atom stereocenters. The van der Waals surface area contributed by atoms with Gasteiger partial charge in [0.2, 0.25) is 11.8 Å². The summed E-state index contributed by atoms with van der Waals surface area (Å²) in [7, 11) is 3.92. The lowest BCUT2D eigenvalue weighted by molar-refractivity contribution is -0.121. The van der Waals surface area contributed by atoms with Crippen LogP contribution in [0.2, 0.25) is 0 Å². The Morgan fingerprint density at radius 1 is 1.07 bits per heavy atom. The summed E-state index contributed by atoms with van der Waals surface area (Å²) in [5.74, 6) is -0.198. The average Bonchev–Trinajstić information content (AvgIpc) is 3.51. The number of benzene rings is 2. The van der Waals surface area contributed by atoms with Crippen LogP contribution in [0.5, 0.6) is 0 Å². The molecule has 0 aliphatic heterocycles. The molecule has 0 aromatic heterocycles. The lowest BCUT2D eigenvalue weighted by Gasteiger charge is -2.23. The van der Waals surface area contributed by atoms with Gasteiger partial charge in [0.1, 0.15) is 5.82 Å². The number of hydrogen-bond donors (Lipinski definition) is 1. The first-order valence-corrected chi connectivity index (χ1v) is 9.98. The van der Waals surface area contributed by atoms with Crippen LogP contribution in [-0.2, 0) is 22.6 Å².